The number of benzene rings is 1. The quantitative estimate of drug-likeness (QED) is 0.855. The maximum Gasteiger partial charge on any atom is 0.120 e. The second kappa shape index (κ2) is 4.62. The lowest BCUT2D eigenvalue weighted by Gasteiger charge is -2.00. The number of hydrogen-bond donors (Lipinski definition) is 1. The smallest absolute Gasteiger partial charge is 0.120 e. The minimum absolute atomic E-state index is 0.902. The van der Waals surface area contributed by atoms with Gasteiger partial charge >= 0.3 is 0 Å². The van der Waals surface area contributed by atoms with E-state index in [0.29, 0.717) is 0 Å². The highest BCUT2D eigenvalue weighted by Gasteiger charge is 2.04. The zero-order chi connectivity index (χ0) is 10.7. The van der Waals surface area contributed by atoms with Gasteiger partial charge in [-0.1, -0.05) is 6.92 Å². The lowest BCUT2D eigenvalue weighted by Crippen LogP contribution is -1.82. The fourth-order valence-electron chi connectivity index (χ4n) is 1.62. The summed E-state index contributed by atoms with van der Waals surface area (Å²) in [5, 5.41) is 1.30. The predicted octanol–water partition coefficient (Wildman–Crippen LogP) is 3.43. The molecule has 0 bridgehead atoms. The first kappa shape index (κ1) is 10.4. The van der Waals surface area contributed by atoms with Crippen molar-refractivity contribution in [2.45, 2.75) is 12.7 Å². The van der Waals surface area contributed by atoms with Crippen LogP contribution in [0.5, 0.6) is 5.75 Å². The summed E-state index contributed by atoms with van der Waals surface area (Å²) < 4.78 is 5.19. The second-order valence-electron chi connectivity index (χ2n) is 3.36. The van der Waals surface area contributed by atoms with Crippen molar-refractivity contribution in [3.05, 3.63) is 30.0 Å². The lowest BCUT2D eigenvalue weighted by atomic mass is 10.2. The third-order valence-electron chi connectivity index (χ3n) is 2.44. The van der Waals surface area contributed by atoms with E-state index in [1.807, 2.05) is 23.9 Å². The number of thioether (sulfide) groups is 1. The summed E-state index contributed by atoms with van der Waals surface area (Å²) in [6.07, 6.45) is 2.09. The summed E-state index contributed by atoms with van der Waals surface area (Å²) >= 11 is 1.94. The zero-order valence-corrected chi connectivity index (χ0v) is 9.86. The molecule has 15 heavy (non-hydrogen) atoms. The molecule has 0 saturated carbocycles. The summed E-state index contributed by atoms with van der Waals surface area (Å²) in [4.78, 5) is 3.28. The van der Waals surface area contributed by atoms with Crippen molar-refractivity contribution >= 4 is 22.7 Å². The van der Waals surface area contributed by atoms with Gasteiger partial charge in [-0.05, 0) is 23.4 Å². The van der Waals surface area contributed by atoms with Crippen molar-refractivity contribution in [1.29, 1.82) is 0 Å². The molecule has 0 atom stereocenters. The van der Waals surface area contributed by atoms with Gasteiger partial charge in [0.25, 0.3) is 0 Å². The summed E-state index contributed by atoms with van der Waals surface area (Å²) in [5.74, 6) is 3.13. The highest BCUT2D eigenvalue weighted by molar-refractivity contribution is 7.98. The molecule has 2 aromatic rings. The largest absolute Gasteiger partial charge is 0.497 e. The van der Waals surface area contributed by atoms with Gasteiger partial charge in [0.2, 0.25) is 0 Å². The topological polar surface area (TPSA) is 25.0 Å². The van der Waals surface area contributed by atoms with Gasteiger partial charge in [-0.3, -0.25) is 0 Å². The molecule has 0 unspecified atom stereocenters. The van der Waals surface area contributed by atoms with Crippen molar-refractivity contribution in [2.75, 3.05) is 12.9 Å². The van der Waals surface area contributed by atoms with Gasteiger partial charge in [0.05, 0.1) is 7.11 Å². The number of H-pyrrole nitrogens is 1. The summed E-state index contributed by atoms with van der Waals surface area (Å²) in [6.45, 7) is 2.18. The van der Waals surface area contributed by atoms with Gasteiger partial charge in [-0.25, -0.2) is 0 Å². The highest BCUT2D eigenvalue weighted by Crippen LogP contribution is 2.25. The molecule has 0 amide bonds. The summed E-state index contributed by atoms with van der Waals surface area (Å²) in [5.41, 5.74) is 2.53. The first-order chi connectivity index (χ1) is 7.35. The first-order valence-electron chi connectivity index (χ1n) is 5.07. The van der Waals surface area contributed by atoms with Crippen LogP contribution in [-0.4, -0.2) is 17.8 Å². The number of aromatic amines is 1. The second-order valence-corrected chi connectivity index (χ2v) is 4.64. The van der Waals surface area contributed by atoms with E-state index in [-0.39, 0.29) is 0 Å². The number of ether oxygens (including phenoxy) is 1. The van der Waals surface area contributed by atoms with Crippen LogP contribution >= 0.6 is 11.8 Å². The van der Waals surface area contributed by atoms with Crippen LogP contribution in [0.3, 0.4) is 0 Å². The molecule has 80 valence electrons. The number of fused-ring (bicyclic) bond motifs is 1. The molecule has 0 fully saturated rings. The maximum absolute atomic E-state index is 5.19. The fraction of sp³-hybridized carbons (Fsp3) is 0.333. The summed E-state index contributed by atoms with van der Waals surface area (Å²) in [6, 6.07) is 6.17. The van der Waals surface area contributed by atoms with Crippen LogP contribution in [0.2, 0.25) is 0 Å². The van der Waals surface area contributed by atoms with E-state index in [2.05, 4.69) is 24.2 Å². The van der Waals surface area contributed by atoms with Crippen molar-refractivity contribution in [2.24, 2.45) is 0 Å². The predicted molar refractivity (Wildman–Crippen MR) is 66.7 cm³/mol. The molecule has 3 heteroatoms. The van der Waals surface area contributed by atoms with E-state index in [1.54, 1.807) is 7.11 Å². The molecule has 2 nitrogen and oxygen atoms in total. The number of aromatic nitrogens is 1. The number of rotatable bonds is 4. The van der Waals surface area contributed by atoms with E-state index in [9.17, 15) is 0 Å². The van der Waals surface area contributed by atoms with Gasteiger partial charge in [0.15, 0.2) is 0 Å². The van der Waals surface area contributed by atoms with Crippen LogP contribution < -0.4 is 4.74 Å². The van der Waals surface area contributed by atoms with E-state index < -0.39 is 0 Å². The molecule has 0 aliphatic carbocycles. The third kappa shape index (κ3) is 2.12. The fourth-order valence-corrected chi connectivity index (χ4v) is 2.29. The SMILES string of the molecule is CCSCc1c[nH]c2cc(OC)ccc12. The average molecular weight is 221 g/mol. The minimum Gasteiger partial charge on any atom is -0.497 e. The molecule has 1 N–H and O–H groups in total. The van der Waals surface area contributed by atoms with Crippen molar-refractivity contribution in [1.82, 2.24) is 4.98 Å². The Labute approximate surface area is 94.0 Å². The Bertz CT molecular complexity index is 450. The summed E-state index contributed by atoms with van der Waals surface area (Å²) in [7, 11) is 1.69. The standard InChI is InChI=1S/C12H15NOS/c1-3-15-8-9-7-13-12-6-10(14-2)4-5-11(9)12/h4-7,13H,3,8H2,1-2H3. The minimum atomic E-state index is 0.902. The van der Waals surface area contributed by atoms with Crippen LogP contribution in [0.1, 0.15) is 12.5 Å². The van der Waals surface area contributed by atoms with Gasteiger partial charge in [-0.15, -0.1) is 0 Å². The van der Waals surface area contributed by atoms with Gasteiger partial charge < -0.3 is 9.72 Å². The Kier molecular flexibility index (Phi) is 3.21. The Morgan fingerprint density at radius 3 is 3.00 bits per heavy atom. The highest BCUT2D eigenvalue weighted by atomic mass is 32.2. The van der Waals surface area contributed by atoms with Crippen molar-refractivity contribution < 1.29 is 4.74 Å². The lowest BCUT2D eigenvalue weighted by molar-refractivity contribution is 0.415. The zero-order valence-electron chi connectivity index (χ0n) is 9.04. The average Bonchev–Trinajstić information content (AvgIpc) is 2.68. The molecule has 1 heterocycles. The van der Waals surface area contributed by atoms with Crippen LogP contribution in [0.25, 0.3) is 10.9 Å². The molecular formula is C12H15NOS. The van der Waals surface area contributed by atoms with Gasteiger partial charge in [0.1, 0.15) is 5.75 Å². The van der Waals surface area contributed by atoms with E-state index in [4.69, 9.17) is 4.74 Å². The molecular weight excluding hydrogens is 206 g/mol. The molecule has 0 spiro atoms. The number of methoxy groups -OCH3 is 1. The first-order valence-corrected chi connectivity index (χ1v) is 6.22. The third-order valence-corrected chi connectivity index (χ3v) is 3.36. The molecule has 1 aromatic carbocycles. The molecule has 1 aromatic heterocycles. The van der Waals surface area contributed by atoms with Crippen LogP contribution in [-0.2, 0) is 5.75 Å². The van der Waals surface area contributed by atoms with E-state index in [1.165, 1.54) is 10.9 Å². The molecule has 0 radical (unpaired) electrons. The number of hydrogen-bond acceptors (Lipinski definition) is 2. The normalized spacial score (nSPS) is 10.8. The number of nitrogens with one attached hydrogen (secondary N) is 1. The van der Waals surface area contributed by atoms with Crippen LogP contribution in [0.15, 0.2) is 24.4 Å². The van der Waals surface area contributed by atoms with Crippen LogP contribution in [0, 0.1) is 0 Å². The monoisotopic (exact) mass is 221 g/mol. The van der Waals surface area contributed by atoms with Crippen LogP contribution in [0.4, 0.5) is 0 Å². The van der Waals surface area contributed by atoms with E-state index in [0.717, 1.165) is 22.8 Å². The van der Waals surface area contributed by atoms with Crippen molar-refractivity contribution in [3.8, 4) is 5.75 Å². The van der Waals surface area contributed by atoms with Crippen molar-refractivity contribution in [3.63, 3.8) is 0 Å². The Balaban J connectivity index is 2.34. The van der Waals surface area contributed by atoms with Gasteiger partial charge in [0, 0.05) is 28.9 Å². The Morgan fingerprint density at radius 2 is 2.27 bits per heavy atom. The van der Waals surface area contributed by atoms with E-state index >= 15 is 0 Å². The molecule has 2 rings (SSSR count). The molecule has 0 aliphatic heterocycles. The van der Waals surface area contributed by atoms with Gasteiger partial charge in [-0.2, -0.15) is 11.8 Å². The molecule has 0 saturated heterocycles. The maximum atomic E-state index is 5.19. The Hall–Kier alpha value is -1.09. The molecule has 0 aliphatic rings. The Morgan fingerprint density at radius 1 is 1.40 bits per heavy atom.